The molecule has 5 nitrogen and oxygen atoms in total. The maximum atomic E-state index is 6.11. The van der Waals surface area contributed by atoms with E-state index in [0.29, 0.717) is 24.0 Å². The molecule has 0 saturated heterocycles. The number of hydrogen-bond acceptors (Lipinski definition) is 3. The summed E-state index contributed by atoms with van der Waals surface area (Å²) in [5.74, 6) is 1.74. The van der Waals surface area contributed by atoms with E-state index < -0.39 is 0 Å². The maximum absolute atomic E-state index is 6.11. The number of benzene rings is 2. The van der Waals surface area contributed by atoms with Crippen molar-refractivity contribution in [2.45, 2.75) is 18.3 Å². The molecule has 3 rings (SSSR count). The van der Waals surface area contributed by atoms with Gasteiger partial charge in [0.1, 0.15) is 11.5 Å². The van der Waals surface area contributed by atoms with Crippen LogP contribution >= 0.6 is 35.6 Å². The number of rotatable bonds is 6. The lowest BCUT2D eigenvalue weighted by Crippen LogP contribution is -2.25. The molecule has 0 aliphatic heterocycles. The molecule has 7 heteroatoms. The molecule has 0 aromatic heterocycles. The van der Waals surface area contributed by atoms with Crippen molar-refractivity contribution in [3.05, 3.63) is 53.1 Å². The smallest absolute Gasteiger partial charge is 0.193 e. The van der Waals surface area contributed by atoms with Gasteiger partial charge in [0.2, 0.25) is 0 Å². The van der Waals surface area contributed by atoms with Gasteiger partial charge < -0.3 is 20.5 Å². The van der Waals surface area contributed by atoms with Gasteiger partial charge in [0.05, 0.1) is 26.5 Å². The number of hydrogen-bond donors (Lipinski definition) is 2. The zero-order valence-electron chi connectivity index (χ0n) is 14.8. The van der Waals surface area contributed by atoms with Crippen molar-refractivity contribution in [3.8, 4) is 11.5 Å². The van der Waals surface area contributed by atoms with Crippen molar-refractivity contribution in [1.29, 1.82) is 0 Å². The first-order valence-corrected chi connectivity index (χ1v) is 8.49. The molecule has 0 unspecified atom stereocenters. The lowest BCUT2D eigenvalue weighted by molar-refractivity contribution is 0.405. The molecule has 1 aliphatic carbocycles. The molecule has 0 amide bonds. The number of guanidine groups is 1. The Morgan fingerprint density at radius 1 is 1.19 bits per heavy atom. The third-order valence-electron chi connectivity index (χ3n) is 4.51. The number of anilines is 1. The summed E-state index contributed by atoms with van der Waals surface area (Å²) >= 11 is 6.11. The van der Waals surface area contributed by atoms with Gasteiger partial charge >= 0.3 is 0 Å². The molecule has 2 aromatic rings. The van der Waals surface area contributed by atoms with Crippen LogP contribution in [0.2, 0.25) is 5.02 Å². The summed E-state index contributed by atoms with van der Waals surface area (Å²) in [6.07, 6.45) is 2.18. The summed E-state index contributed by atoms with van der Waals surface area (Å²) in [6.45, 7) is 0.623. The van der Waals surface area contributed by atoms with Crippen LogP contribution in [-0.4, -0.2) is 26.7 Å². The van der Waals surface area contributed by atoms with Crippen LogP contribution in [0.5, 0.6) is 11.5 Å². The Bertz CT molecular complexity index is 794. The molecule has 0 bridgehead atoms. The molecule has 0 radical (unpaired) electrons. The van der Waals surface area contributed by atoms with Gasteiger partial charge in [0.15, 0.2) is 5.96 Å². The van der Waals surface area contributed by atoms with E-state index >= 15 is 0 Å². The Labute approximate surface area is 175 Å². The van der Waals surface area contributed by atoms with Crippen molar-refractivity contribution < 1.29 is 9.47 Å². The standard InChI is InChI=1S/C19H22ClN3O2.HI/c1-24-15-6-7-17(25-2)16(11-15)23-18(21)22-12-19(8-9-19)13-4-3-5-14(20)10-13;/h3-7,10-11H,8-9,12H2,1-2H3,(H3,21,22,23);1H. The highest BCUT2D eigenvalue weighted by Crippen LogP contribution is 2.48. The van der Waals surface area contributed by atoms with E-state index in [9.17, 15) is 0 Å². The molecule has 0 spiro atoms. The monoisotopic (exact) mass is 487 g/mol. The van der Waals surface area contributed by atoms with Gasteiger partial charge in [-0.2, -0.15) is 0 Å². The van der Waals surface area contributed by atoms with Gasteiger partial charge in [-0.05, 0) is 42.7 Å². The predicted octanol–water partition coefficient (Wildman–Crippen LogP) is 4.43. The maximum Gasteiger partial charge on any atom is 0.193 e. The van der Waals surface area contributed by atoms with E-state index in [1.165, 1.54) is 5.56 Å². The summed E-state index contributed by atoms with van der Waals surface area (Å²) in [7, 11) is 3.23. The van der Waals surface area contributed by atoms with Gasteiger partial charge in [-0.1, -0.05) is 23.7 Å². The number of ether oxygens (including phenoxy) is 2. The SMILES string of the molecule is COc1ccc(OC)c(NC(N)=NCC2(c3cccc(Cl)c3)CC2)c1.I. The van der Waals surface area contributed by atoms with Crippen LogP contribution < -0.4 is 20.5 Å². The lowest BCUT2D eigenvalue weighted by Gasteiger charge is -2.15. The topological polar surface area (TPSA) is 68.9 Å². The second-order valence-electron chi connectivity index (χ2n) is 6.18. The van der Waals surface area contributed by atoms with Gasteiger partial charge in [-0.3, -0.25) is 4.99 Å². The van der Waals surface area contributed by atoms with Crippen molar-refractivity contribution in [3.63, 3.8) is 0 Å². The van der Waals surface area contributed by atoms with Gasteiger partial charge in [0, 0.05) is 16.5 Å². The highest BCUT2D eigenvalue weighted by atomic mass is 127. The van der Waals surface area contributed by atoms with Crippen LogP contribution in [0.4, 0.5) is 5.69 Å². The first-order valence-electron chi connectivity index (χ1n) is 8.11. The average Bonchev–Trinajstić information content (AvgIpc) is 3.41. The number of nitrogens with one attached hydrogen (secondary N) is 1. The predicted molar refractivity (Wildman–Crippen MR) is 117 cm³/mol. The highest BCUT2D eigenvalue weighted by Gasteiger charge is 2.44. The fourth-order valence-corrected chi connectivity index (χ4v) is 3.02. The third kappa shape index (κ3) is 4.73. The second kappa shape index (κ2) is 8.81. The zero-order chi connectivity index (χ0) is 17.9. The fraction of sp³-hybridized carbons (Fsp3) is 0.316. The van der Waals surface area contributed by atoms with Gasteiger partial charge in [-0.25, -0.2) is 0 Å². The Balaban J connectivity index is 0.00000243. The minimum Gasteiger partial charge on any atom is -0.497 e. The van der Waals surface area contributed by atoms with Crippen LogP contribution in [0.1, 0.15) is 18.4 Å². The summed E-state index contributed by atoms with van der Waals surface area (Å²) < 4.78 is 10.6. The van der Waals surface area contributed by atoms with E-state index in [1.807, 2.05) is 36.4 Å². The largest absolute Gasteiger partial charge is 0.497 e. The van der Waals surface area contributed by atoms with Gasteiger partial charge in [0.25, 0.3) is 0 Å². The molecule has 140 valence electrons. The molecular formula is C19H23ClIN3O2. The van der Waals surface area contributed by atoms with Crippen LogP contribution in [0.15, 0.2) is 47.5 Å². The van der Waals surface area contributed by atoms with E-state index in [0.717, 1.165) is 23.6 Å². The lowest BCUT2D eigenvalue weighted by atomic mass is 9.96. The van der Waals surface area contributed by atoms with Crippen molar-refractivity contribution in [1.82, 2.24) is 0 Å². The molecule has 1 fully saturated rings. The molecule has 0 heterocycles. The Morgan fingerprint density at radius 2 is 1.96 bits per heavy atom. The minimum atomic E-state index is 0. The van der Waals surface area contributed by atoms with E-state index in [2.05, 4.69) is 16.4 Å². The first kappa shape index (κ1) is 20.6. The molecule has 26 heavy (non-hydrogen) atoms. The summed E-state index contributed by atoms with van der Waals surface area (Å²) in [5.41, 5.74) is 8.07. The molecule has 2 aromatic carbocycles. The summed E-state index contributed by atoms with van der Waals surface area (Å²) in [4.78, 5) is 4.53. The molecule has 1 saturated carbocycles. The Kier molecular flexibility index (Phi) is 7.00. The molecule has 0 atom stereocenters. The van der Waals surface area contributed by atoms with E-state index in [4.69, 9.17) is 26.8 Å². The summed E-state index contributed by atoms with van der Waals surface area (Å²) in [5, 5.41) is 3.85. The van der Waals surface area contributed by atoms with Crippen LogP contribution in [0.25, 0.3) is 0 Å². The van der Waals surface area contributed by atoms with Crippen molar-refractivity contribution >= 4 is 47.2 Å². The van der Waals surface area contributed by atoms with E-state index in [-0.39, 0.29) is 29.4 Å². The third-order valence-corrected chi connectivity index (χ3v) is 4.75. The van der Waals surface area contributed by atoms with Crippen LogP contribution in [-0.2, 0) is 5.41 Å². The van der Waals surface area contributed by atoms with Crippen LogP contribution in [0, 0.1) is 0 Å². The Morgan fingerprint density at radius 3 is 2.58 bits per heavy atom. The highest BCUT2D eigenvalue weighted by molar-refractivity contribution is 14.0. The second-order valence-corrected chi connectivity index (χ2v) is 6.62. The quantitative estimate of drug-likeness (QED) is 0.359. The summed E-state index contributed by atoms with van der Waals surface area (Å²) in [6, 6.07) is 13.4. The number of aliphatic imine (C=N–C) groups is 1. The number of halogens is 2. The van der Waals surface area contributed by atoms with E-state index in [1.54, 1.807) is 14.2 Å². The normalized spacial score (nSPS) is 15.0. The molecular weight excluding hydrogens is 465 g/mol. The number of nitrogens with two attached hydrogens (primary N) is 1. The van der Waals surface area contributed by atoms with Gasteiger partial charge in [-0.15, -0.1) is 24.0 Å². The molecule has 3 N–H and O–H groups in total. The van der Waals surface area contributed by atoms with Crippen molar-refractivity contribution in [2.24, 2.45) is 10.7 Å². The fourth-order valence-electron chi connectivity index (χ4n) is 2.83. The number of nitrogens with zero attached hydrogens (tertiary/aromatic N) is 1. The molecule has 1 aliphatic rings. The van der Waals surface area contributed by atoms with Crippen molar-refractivity contribution in [2.75, 3.05) is 26.1 Å². The zero-order valence-corrected chi connectivity index (χ0v) is 17.9. The number of methoxy groups -OCH3 is 2. The first-order chi connectivity index (χ1) is 12.1. The minimum absolute atomic E-state index is 0. The average molecular weight is 488 g/mol. The Hall–Kier alpha value is -1.67. The van der Waals surface area contributed by atoms with Crippen LogP contribution in [0.3, 0.4) is 0 Å².